The molecule has 0 aliphatic carbocycles. The van der Waals surface area contributed by atoms with Gasteiger partial charge in [0.05, 0.1) is 12.2 Å². The molecule has 5 heteroatoms. The van der Waals surface area contributed by atoms with Crippen LogP contribution in [-0.4, -0.2) is 4.57 Å². The lowest BCUT2D eigenvalue weighted by Gasteiger charge is -2.07. The Morgan fingerprint density at radius 2 is 2.12 bits per heavy atom. The first-order valence-electron chi connectivity index (χ1n) is 4.97. The van der Waals surface area contributed by atoms with E-state index in [1.54, 1.807) is 24.4 Å². The van der Waals surface area contributed by atoms with Crippen LogP contribution in [0, 0.1) is 9.39 Å². The summed E-state index contributed by atoms with van der Waals surface area (Å²) in [6.07, 6.45) is 1.62. The van der Waals surface area contributed by atoms with Crippen molar-refractivity contribution >= 4 is 28.3 Å². The lowest BCUT2D eigenvalue weighted by Crippen LogP contribution is -2.23. The number of nitrogens with two attached hydrogens (primary N) is 1. The Kier molecular flexibility index (Phi) is 3.46. The van der Waals surface area contributed by atoms with Gasteiger partial charge in [0.2, 0.25) is 0 Å². The van der Waals surface area contributed by atoms with Gasteiger partial charge in [0, 0.05) is 6.20 Å². The van der Waals surface area contributed by atoms with Crippen molar-refractivity contribution in [3.8, 4) is 0 Å². The van der Waals surface area contributed by atoms with Crippen LogP contribution in [0.4, 0.5) is 10.1 Å². The number of nitrogens with zero attached hydrogens (tertiary/aromatic N) is 1. The van der Waals surface area contributed by atoms with Crippen molar-refractivity contribution in [2.75, 3.05) is 5.73 Å². The van der Waals surface area contributed by atoms with Crippen LogP contribution in [0.1, 0.15) is 5.56 Å². The molecule has 0 bridgehead atoms. The fourth-order valence-electron chi connectivity index (χ4n) is 1.52. The van der Waals surface area contributed by atoms with E-state index in [9.17, 15) is 9.18 Å². The normalized spacial score (nSPS) is 10.5. The van der Waals surface area contributed by atoms with Crippen LogP contribution in [0.5, 0.6) is 0 Å². The molecule has 2 rings (SSSR count). The molecule has 1 aromatic heterocycles. The SMILES string of the molecule is Nc1ccn(Cc2cccc(F)c2)c(=O)c1I. The maximum atomic E-state index is 13.0. The molecule has 0 saturated heterocycles. The number of pyridine rings is 1. The molecule has 0 unspecified atom stereocenters. The molecular formula is C12H10FIN2O. The Labute approximate surface area is 111 Å². The quantitative estimate of drug-likeness (QED) is 0.850. The van der Waals surface area contributed by atoms with E-state index in [2.05, 4.69) is 0 Å². The first-order valence-corrected chi connectivity index (χ1v) is 6.04. The van der Waals surface area contributed by atoms with Gasteiger partial charge < -0.3 is 10.3 Å². The lowest BCUT2D eigenvalue weighted by atomic mass is 10.2. The smallest absolute Gasteiger partial charge is 0.266 e. The molecular weight excluding hydrogens is 334 g/mol. The fraction of sp³-hybridized carbons (Fsp3) is 0.0833. The molecule has 3 nitrogen and oxygen atoms in total. The summed E-state index contributed by atoms with van der Waals surface area (Å²) < 4.78 is 15.0. The van der Waals surface area contributed by atoms with E-state index < -0.39 is 0 Å². The number of rotatable bonds is 2. The van der Waals surface area contributed by atoms with E-state index in [4.69, 9.17) is 5.73 Å². The van der Waals surface area contributed by atoms with Gasteiger partial charge in [-0.05, 0) is 46.4 Å². The summed E-state index contributed by atoms with van der Waals surface area (Å²) in [5.41, 5.74) is 6.68. The van der Waals surface area contributed by atoms with E-state index >= 15 is 0 Å². The van der Waals surface area contributed by atoms with Crippen molar-refractivity contribution in [2.24, 2.45) is 0 Å². The summed E-state index contributed by atoms with van der Waals surface area (Å²) >= 11 is 1.91. The Morgan fingerprint density at radius 1 is 1.35 bits per heavy atom. The second kappa shape index (κ2) is 4.87. The lowest BCUT2D eigenvalue weighted by molar-refractivity contribution is 0.622. The summed E-state index contributed by atoms with van der Waals surface area (Å²) in [6, 6.07) is 7.86. The molecule has 1 heterocycles. The minimum atomic E-state index is -0.305. The van der Waals surface area contributed by atoms with Crippen LogP contribution in [-0.2, 0) is 6.54 Å². The Morgan fingerprint density at radius 3 is 2.82 bits per heavy atom. The van der Waals surface area contributed by atoms with Gasteiger partial charge in [-0.2, -0.15) is 0 Å². The minimum Gasteiger partial charge on any atom is -0.398 e. The number of nitrogen functional groups attached to an aromatic ring is 1. The van der Waals surface area contributed by atoms with Gasteiger partial charge in [-0.25, -0.2) is 4.39 Å². The number of anilines is 1. The third-order valence-electron chi connectivity index (χ3n) is 2.38. The number of hydrogen-bond acceptors (Lipinski definition) is 2. The molecule has 0 aliphatic heterocycles. The number of benzene rings is 1. The molecule has 0 amide bonds. The van der Waals surface area contributed by atoms with Gasteiger partial charge in [-0.3, -0.25) is 4.79 Å². The molecule has 1 aromatic carbocycles. The van der Waals surface area contributed by atoms with Crippen molar-refractivity contribution in [1.82, 2.24) is 4.57 Å². The van der Waals surface area contributed by atoms with Crippen LogP contribution < -0.4 is 11.3 Å². The van der Waals surface area contributed by atoms with Crippen molar-refractivity contribution < 1.29 is 4.39 Å². The van der Waals surface area contributed by atoms with Crippen LogP contribution in [0.25, 0.3) is 0 Å². The molecule has 0 aliphatic rings. The summed E-state index contributed by atoms with van der Waals surface area (Å²) in [4.78, 5) is 11.9. The fourth-order valence-corrected chi connectivity index (χ4v) is 2.01. The summed E-state index contributed by atoms with van der Waals surface area (Å²) in [5.74, 6) is -0.305. The standard InChI is InChI=1S/C12H10FIN2O/c13-9-3-1-2-8(6-9)7-16-5-4-10(15)11(14)12(16)17/h1-6H,7,15H2. The summed E-state index contributed by atoms with van der Waals surface area (Å²) in [7, 11) is 0. The monoisotopic (exact) mass is 344 g/mol. The molecule has 2 N–H and O–H groups in total. The van der Waals surface area contributed by atoms with E-state index in [0.717, 1.165) is 5.56 Å². The van der Waals surface area contributed by atoms with Crippen LogP contribution in [0.15, 0.2) is 41.3 Å². The van der Waals surface area contributed by atoms with Crippen LogP contribution >= 0.6 is 22.6 Å². The van der Waals surface area contributed by atoms with E-state index in [1.165, 1.54) is 16.7 Å². The van der Waals surface area contributed by atoms with Gasteiger partial charge in [-0.1, -0.05) is 12.1 Å². The maximum absolute atomic E-state index is 13.0. The predicted molar refractivity (Wildman–Crippen MR) is 73.3 cm³/mol. The average Bonchev–Trinajstić information content (AvgIpc) is 2.30. The summed E-state index contributed by atoms with van der Waals surface area (Å²) in [5, 5.41) is 0. The molecule has 0 spiro atoms. The van der Waals surface area contributed by atoms with Gasteiger partial charge in [0.25, 0.3) is 5.56 Å². The molecule has 0 atom stereocenters. The third-order valence-corrected chi connectivity index (χ3v) is 3.46. The highest BCUT2D eigenvalue weighted by Gasteiger charge is 2.05. The molecule has 88 valence electrons. The minimum absolute atomic E-state index is 0.158. The van der Waals surface area contributed by atoms with Gasteiger partial charge in [0.15, 0.2) is 0 Å². The highest BCUT2D eigenvalue weighted by molar-refractivity contribution is 14.1. The first-order chi connectivity index (χ1) is 8.08. The third kappa shape index (κ3) is 2.66. The van der Waals surface area contributed by atoms with Crippen LogP contribution in [0.3, 0.4) is 0 Å². The molecule has 0 radical (unpaired) electrons. The van der Waals surface area contributed by atoms with Crippen molar-refractivity contribution in [1.29, 1.82) is 0 Å². The Hall–Kier alpha value is -1.37. The van der Waals surface area contributed by atoms with Crippen molar-refractivity contribution in [3.05, 3.63) is 61.8 Å². The van der Waals surface area contributed by atoms with Gasteiger partial charge in [-0.15, -0.1) is 0 Å². The van der Waals surface area contributed by atoms with E-state index in [0.29, 0.717) is 15.8 Å². The number of halogens is 2. The van der Waals surface area contributed by atoms with Crippen LogP contribution in [0.2, 0.25) is 0 Å². The van der Waals surface area contributed by atoms with Crippen molar-refractivity contribution in [2.45, 2.75) is 6.54 Å². The number of hydrogen-bond donors (Lipinski definition) is 1. The highest BCUT2D eigenvalue weighted by atomic mass is 127. The van der Waals surface area contributed by atoms with Gasteiger partial charge in [0.1, 0.15) is 9.39 Å². The van der Waals surface area contributed by atoms with Gasteiger partial charge >= 0.3 is 0 Å². The van der Waals surface area contributed by atoms with E-state index in [-0.39, 0.29) is 11.4 Å². The first kappa shape index (κ1) is 12.1. The maximum Gasteiger partial charge on any atom is 0.266 e. The van der Waals surface area contributed by atoms with E-state index in [1.807, 2.05) is 22.6 Å². The summed E-state index contributed by atoms with van der Waals surface area (Å²) in [6.45, 7) is 0.340. The molecule has 17 heavy (non-hydrogen) atoms. The second-order valence-electron chi connectivity index (χ2n) is 3.65. The zero-order valence-electron chi connectivity index (χ0n) is 8.86. The zero-order chi connectivity index (χ0) is 12.4. The Balaban J connectivity index is 2.37. The average molecular weight is 344 g/mol. The zero-order valence-corrected chi connectivity index (χ0v) is 11.0. The largest absolute Gasteiger partial charge is 0.398 e. The topological polar surface area (TPSA) is 48.0 Å². The predicted octanol–water partition coefficient (Wildman–Crippen LogP) is 2.22. The molecule has 0 fully saturated rings. The Bertz CT molecular complexity index is 610. The molecule has 2 aromatic rings. The highest BCUT2D eigenvalue weighted by Crippen LogP contribution is 2.10. The molecule has 0 saturated carbocycles. The second-order valence-corrected chi connectivity index (χ2v) is 4.73. The number of aromatic nitrogens is 1. The van der Waals surface area contributed by atoms with Crippen molar-refractivity contribution in [3.63, 3.8) is 0 Å².